The standard InChI is InChI=1S/C9H16N2/c1-4-8-5-11(7(2)3)6-9(8)10/h1,7-9H,5-6,10H2,2-3H3. The third-order valence-electron chi connectivity index (χ3n) is 2.34. The van der Waals surface area contributed by atoms with E-state index in [1.165, 1.54) is 0 Å². The van der Waals surface area contributed by atoms with Gasteiger partial charge in [-0.15, -0.1) is 12.3 Å². The second-order valence-corrected chi connectivity index (χ2v) is 3.48. The molecule has 0 amide bonds. The maximum absolute atomic E-state index is 5.83. The summed E-state index contributed by atoms with van der Waals surface area (Å²) >= 11 is 0. The van der Waals surface area contributed by atoms with Gasteiger partial charge in [0.2, 0.25) is 0 Å². The van der Waals surface area contributed by atoms with Crippen LogP contribution in [0.15, 0.2) is 0 Å². The molecule has 1 heterocycles. The van der Waals surface area contributed by atoms with E-state index >= 15 is 0 Å². The van der Waals surface area contributed by atoms with Crippen LogP contribution in [0.3, 0.4) is 0 Å². The van der Waals surface area contributed by atoms with Crippen LogP contribution >= 0.6 is 0 Å². The third kappa shape index (κ3) is 1.74. The number of terminal acetylenes is 1. The molecule has 0 aromatic heterocycles. The first-order chi connectivity index (χ1) is 5.15. The van der Waals surface area contributed by atoms with Crippen molar-refractivity contribution < 1.29 is 0 Å². The van der Waals surface area contributed by atoms with Gasteiger partial charge in [-0.1, -0.05) is 0 Å². The van der Waals surface area contributed by atoms with Gasteiger partial charge in [0.1, 0.15) is 0 Å². The Bertz CT molecular complexity index is 169. The van der Waals surface area contributed by atoms with Crippen molar-refractivity contribution in [2.24, 2.45) is 11.7 Å². The van der Waals surface area contributed by atoms with Crippen LogP contribution in [0, 0.1) is 18.3 Å². The molecule has 0 radical (unpaired) electrons. The molecule has 1 fully saturated rings. The number of nitrogens with two attached hydrogens (primary N) is 1. The fourth-order valence-electron chi connectivity index (χ4n) is 1.46. The van der Waals surface area contributed by atoms with E-state index in [1.54, 1.807) is 0 Å². The van der Waals surface area contributed by atoms with Gasteiger partial charge < -0.3 is 5.73 Å². The van der Waals surface area contributed by atoms with Crippen molar-refractivity contribution in [2.75, 3.05) is 13.1 Å². The van der Waals surface area contributed by atoms with Gasteiger partial charge in [-0.2, -0.15) is 0 Å². The van der Waals surface area contributed by atoms with Crippen LogP contribution in [0.2, 0.25) is 0 Å². The van der Waals surface area contributed by atoms with Crippen LogP contribution in [-0.2, 0) is 0 Å². The summed E-state index contributed by atoms with van der Waals surface area (Å²) < 4.78 is 0. The fourth-order valence-corrected chi connectivity index (χ4v) is 1.46. The van der Waals surface area contributed by atoms with E-state index in [2.05, 4.69) is 24.7 Å². The van der Waals surface area contributed by atoms with E-state index < -0.39 is 0 Å². The lowest BCUT2D eigenvalue weighted by Gasteiger charge is -2.19. The van der Waals surface area contributed by atoms with Crippen molar-refractivity contribution in [1.29, 1.82) is 0 Å². The normalized spacial score (nSPS) is 32.6. The number of likely N-dealkylation sites (tertiary alicyclic amines) is 1. The van der Waals surface area contributed by atoms with Gasteiger partial charge >= 0.3 is 0 Å². The van der Waals surface area contributed by atoms with Gasteiger partial charge in [0.25, 0.3) is 0 Å². The molecular formula is C9H16N2. The Hall–Kier alpha value is -0.520. The minimum atomic E-state index is 0.183. The monoisotopic (exact) mass is 152 g/mol. The van der Waals surface area contributed by atoms with Gasteiger partial charge in [0.15, 0.2) is 0 Å². The summed E-state index contributed by atoms with van der Waals surface area (Å²) in [6, 6.07) is 0.752. The molecular weight excluding hydrogens is 136 g/mol. The largest absolute Gasteiger partial charge is 0.325 e. The Balaban J connectivity index is 2.51. The highest BCUT2D eigenvalue weighted by molar-refractivity contribution is 5.04. The highest BCUT2D eigenvalue weighted by Crippen LogP contribution is 2.16. The SMILES string of the molecule is C#CC1CN(C(C)C)CC1N. The van der Waals surface area contributed by atoms with E-state index in [4.69, 9.17) is 12.2 Å². The highest BCUT2D eigenvalue weighted by Gasteiger charge is 2.29. The first-order valence-corrected chi connectivity index (χ1v) is 4.11. The molecule has 62 valence electrons. The molecule has 2 atom stereocenters. The molecule has 1 saturated heterocycles. The average molecular weight is 152 g/mol. The van der Waals surface area contributed by atoms with Gasteiger partial charge in [-0.05, 0) is 13.8 Å². The van der Waals surface area contributed by atoms with Crippen LogP contribution < -0.4 is 5.73 Å². The number of rotatable bonds is 1. The van der Waals surface area contributed by atoms with Crippen molar-refractivity contribution in [3.8, 4) is 12.3 Å². The summed E-state index contributed by atoms with van der Waals surface area (Å²) in [6.07, 6.45) is 5.33. The van der Waals surface area contributed by atoms with Crippen molar-refractivity contribution >= 4 is 0 Å². The summed E-state index contributed by atoms with van der Waals surface area (Å²) in [5.74, 6) is 2.99. The molecule has 1 aliphatic heterocycles. The molecule has 1 rings (SSSR count). The number of nitrogens with zero attached hydrogens (tertiary/aromatic N) is 1. The fraction of sp³-hybridized carbons (Fsp3) is 0.778. The number of hydrogen-bond acceptors (Lipinski definition) is 2. The van der Waals surface area contributed by atoms with Gasteiger partial charge in [-0.25, -0.2) is 0 Å². The summed E-state index contributed by atoms with van der Waals surface area (Å²) in [7, 11) is 0. The Labute approximate surface area is 68.8 Å². The van der Waals surface area contributed by atoms with E-state index in [9.17, 15) is 0 Å². The van der Waals surface area contributed by atoms with Gasteiger partial charge in [-0.3, -0.25) is 4.90 Å². The van der Waals surface area contributed by atoms with Crippen molar-refractivity contribution in [3.05, 3.63) is 0 Å². The zero-order chi connectivity index (χ0) is 8.43. The molecule has 1 aliphatic rings. The molecule has 0 spiro atoms. The molecule has 2 nitrogen and oxygen atoms in total. The van der Waals surface area contributed by atoms with Crippen molar-refractivity contribution in [3.63, 3.8) is 0 Å². The van der Waals surface area contributed by atoms with Crippen LogP contribution in [0.4, 0.5) is 0 Å². The molecule has 2 heteroatoms. The highest BCUT2D eigenvalue weighted by atomic mass is 15.2. The minimum Gasteiger partial charge on any atom is -0.325 e. The van der Waals surface area contributed by atoms with Crippen LogP contribution in [0.25, 0.3) is 0 Å². The Kier molecular flexibility index (Phi) is 2.53. The molecule has 0 bridgehead atoms. The molecule has 0 saturated carbocycles. The van der Waals surface area contributed by atoms with E-state index in [0.29, 0.717) is 6.04 Å². The Morgan fingerprint density at radius 2 is 2.18 bits per heavy atom. The van der Waals surface area contributed by atoms with Crippen molar-refractivity contribution in [2.45, 2.75) is 25.9 Å². The first-order valence-electron chi connectivity index (χ1n) is 4.11. The quantitative estimate of drug-likeness (QED) is 0.547. The van der Waals surface area contributed by atoms with Crippen LogP contribution in [0.5, 0.6) is 0 Å². The average Bonchev–Trinajstić information content (AvgIpc) is 2.31. The molecule has 11 heavy (non-hydrogen) atoms. The first kappa shape index (κ1) is 8.58. The van der Waals surface area contributed by atoms with Crippen molar-refractivity contribution in [1.82, 2.24) is 4.90 Å². The molecule has 0 aliphatic carbocycles. The Morgan fingerprint density at radius 1 is 1.55 bits per heavy atom. The predicted octanol–water partition coefficient (Wildman–Crippen LogP) is 0.287. The third-order valence-corrected chi connectivity index (χ3v) is 2.34. The lowest BCUT2D eigenvalue weighted by atomic mass is 10.1. The molecule has 2 unspecified atom stereocenters. The van der Waals surface area contributed by atoms with Gasteiger partial charge in [0.05, 0.1) is 0 Å². The van der Waals surface area contributed by atoms with E-state index in [0.717, 1.165) is 13.1 Å². The lowest BCUT2D eigenvalue weighted by Crippen LogP contribution is -2.32. The summed E-state index contributed by atoms with van der Waals surface area (Å²) in [4.78, 5) is 2.33. The zero-order valence-corrected chi connectivity index (χ0v) is 7.25. The molecule has 2 N–H and O–H groups in total. The minimum absolute atomic E-state index is 0.183. The van der Waals surface area contributed by atoms with E-state index in [1.807, 2.05) is 0 Å². The van der Waals surface area contributed by atoms with Crippen LogP contribution in [-0.4, -0.2) is 30.1 Å². The second kappa shape index (κ2) is 3.25. The van der Waals surface area contributed by atoms with E-state index in [-0.39, 0.29) is 12.0 Å². The van der Waals surface area contributed by atoms with Gasteiger partial charge in [0, 0.05) is 31.1 Å². The lowest BCUT2D eigenvalue weighted by molar-refractivity contribution is 0.269. The smallest absolute Gasteiger partial charge is 0.0491 e. The topological polar surface area (TPSA) is 29.3 Å². The van der Waals surface area contributed by atoms with Crippen LogP contribution in [0.1, 0.15) is 13.8 Å². The predicted molar refractivity (Wildman–Crippen MR) is 47.0 cm³/mol. The maximum atomic E-state index is 5.83. The summed E-state index contributed by atoms with van der Waals surface area (Å²) in [5.41, 5.74) is 5.83. The molecule has 0 aromatic rings. The zero-order valence-electron chi connectivity index (χ0n) is 7.25. The molecule has 0 aromatic carbocycles. The summed E-state index contributed by atoms with van der Waals surface area (Å²) in [6.45, 7) is 6.26. The Morgan fingerprint density at radius 3 is 2.45 bits per heavy atom. The second-order valence-electron chi connectivity index (χ2n) is 3.48. The maximum Gasteiger partial charge on any atom is 0.0491 e. The number of hydrogen-bond donors (Lipinski definition) is 1. The summed E-state index contributed by atoms with van der Waals surface area (Å²) in [5, 5.41) is 0.